The van der Waals surface area contributed by atoms with Gasteiger partial charge in [-0.15, -0.1) is 11.3 Å². The second-order valence-electron chi connectivity index (χ2n) is 7.96. The summed E-state index contributed by atoms with van der Waals surface area (Å²) in [4.78, 5) is 35.1. The van der Waals surface area contributed by atoms with Gasteiger partial charge in [0.15, 0.2) is 5.16 Å². The van der Waals surface area contributed by atoms with Gasteiger partial charge in [0.1, 0.15) is 4.83 Å². The highest BCUT2D eigenvalue weighted by molar-refractivity contribution is 7.99. The van der Waals surface area contributed by atoms with Crippen LogP contribution in [0.4, 0.5) is 0 Å². The van der Waals surface area contributed by atoms with Gasteiger partial charge >= 0.3 is 0 Å². The number of benzene rings is 2. The maximum absolute atomic E-state index is 13.5. The van der Waals surface area contributed by atoms with Crippen LogP contribution in [0, 0.1) is 13.8 Å². The Labute approximate surface area is 194 Å². The summed E-state index contributed by atoms with van der Waals surface area (Å²) in [6.07, 6.45) is 0.874. The summed E-state index contributed by atoms with van der Waals surface area (Å²) < 4.78 is 1.64. The normalized spacial score (nSPS) is 13.4. The second kappa shape index (κ2) is 8.56. The number of thiophene rings is 1. The molecule has 5 rings (SSSR count). The summed E-state index contributed by atoms with van der Waals surface area (Å²) >= 11 is 2.87. The number of aryl methyl sites for hydroxylation is 2. The number of thioether (sulfide) groups is 1. The van der Waals surface area contributed by atoms with Gasteiger partial charge in [-0.25, -0.2) is 4.98 Å². The van der Waals surface area contributed by atoms with Gasteiger partial charge < -0.3 is 4.90 Å². The molecule has 0 saturated heterocycles. The summed E-state index contributed by atoms with van der Waals surface area (Å²) in [5, 5.41) is 1.22. The monoisotopic (exact) mass is 461 g/mol. The van der Waals surface area contributed by atoms with Gasteiger partial charge in [0.2, 0.25) is 5.91 Å². The number of carbonyl (C=O) groups excluding carboxylic acids is 1. The van der Waals surface area contributed by atoms with Crippen LogP contribution in [0.5, 0.6) is 0 Å². The van der Waals surface area contributed by atoms with Crippen molar-refractivity contribution in [3.63, 3.8) is 0 Å². The molecule has 7 heteroatoms. The summed E-state index contributed by atoms with van der Waals surface area (Å²) in [5.74, 6) is 0.313. The smallest absolute Gasteiger partial charge is 0.267 e. The van der Waals surface area contributed by atoms with Crippen molar-refractivity contribution in [2.75, 3.05) is 12.3 Å². The molecule has 2 aromatic heterocycles. The molecule has 0 fully saturated rings. The van der Waals surface area contributed by atoms with E-state index in [1.807, 2.05) is 61.2 Å². The molecule has 5 nitrogen and oxygen atoms in total. The molecule has 0 bridgehead atoms. The zero-order valence-electron chi connectivity index (χ0n) is 18.0. The molecular weight excluding hydrogens is 438 g/mol. The third-order valence-electron chi connectivity index (χ3n) is 5.99. The Morgan fingerprint density at radius 1 is 1.06 bits per heavy atom. The van der Waals surface area contributed by atoms with Crippen molar-refractivity contribution in [3.05, 3.63) is 86.5 Å². The number of para-hydroxylation sites is 1. The topological polar surface area (TPSA) is 55.2 Å². The van der Waals surface area contributed by atoms with E-state index in [4.69, 9.17) is 4.98 Å². The third kappa shape index (κ3) is 3.76. The SMILES string of the molecule is Cc1sc2nc(SCC(=O)N3CCc4ccccc4C3)n(-c3ccccc3)c(=O)c2c1C. The van der Waals surface area contributed by atoms with Crippen LogP contribution >= 0.6 is 23.1 Å². The first-order valence-corrected chi connectivity index (χ1v) is 12.4. The van der Waals surface area contributed by atoms with Gasteiger partial charge in [0, 0.05) is 18.0 Å². The summed E-state index contributed by atoms with van der Waals surface area (Å²) in [6.45, 7) is 5.34. The lowest BCUT2D eigenvalue weighted by atomic mass is 10.00. The van der Waals surface area contributed by atoms with Crippen LogP contribution in [0.25, 0.3) is 15.9 Å². The zero-order valence-corrected chi connectivity index (χ0v) is 19.6. The highest BCUT2D eigenvalue weighted by Gasteiger charge is 2.23. The first-order valence-electron chi connectivity index (χ1n) is 10.6. The van der Waals surface area contributed by atoms with E-state index in [9.17, 15) is 9.59 Å². The van der Waals surface area contributed by atoms with Gasteiger partial charge in [0.25, 0.3) is 5.56 Å². The Bertz CT molecular complexity index is 1380. The van der Waals surface area contributed by atoms with Gasteiger partial charge in [-0.05, 0) is 49.1 Å². The number of amides is 1. The Morgan fingerprint density at radius 2 is 1.78 bits per heavy atom. The lowest BCUT2D eigenvalue weighted by molar-refractivity contribution is -0.129. The summed E-state index contributed by atoms with van der Waals surface area (Å²) in [5.41, 5.74) is 4.19. The van der Waals surface area contributed by atoms with E-state index < -0.39 is 0 Å². The molecule has 162 valence electrons. The molecule has 32 heavy (non-hydrogen) atoms. The fourth-order valence-electron chi connectivity index (χ4n) is 4.10. The fraction of sp³-hybridized carbons (Fsp3) is 0.240. The molecule has 1 aliphatic rings. The predicted molar refractivity (Wildman–Crippen MR) is 131 cm³/mol. The molecule has 0 N–H and O–H groups in total. The van der Waals surface area contributed by atoms with Crippen LogP contribution in [0.15, 0.2) is 64.5 Å². The second-order valence-corrected chi connectivity index (χ2v) is 10.1. The molecule has 0 radical (unpaired) electrons. The van der Waals surface area contributed by atoms with E-state index in [1.165, 1.54) is 34.2 Å². The minimum atomic E-state index is -0.0788. The lowest BCUT2D eigenvalue weighted by Crippen LogP contribution is -2.37. The molecular formula is C25H23N3O2S2. The minimum Gasteiger partial charge on any atom is -0.337 e. The molecule has 3 heterocycles. The van der Waals surface area contributed by atoms with Crippen molar-refractivity contribution in [1.29, 1.82) is 0 Å². The van der Waals surface area contributed by atoms with Crippen LogP contribution in [-0.4, -0.2) is 32.7 Å². The molecule has 0 atom stereocenters. The fourth-order valence-corrected chi connectivity index (χ4v) is 6.09. The molecule has 2 aromatic carbocycles. The summed E-state index contributed by atoms with van der Waals surface area (Å²) in [6, 6.07) is 17.8. The van der Waals surface area contributed by atoms with E-state index in [0.717, 1.165) is 33.9 Å². The van der Waals surface area contributed by atoms with Crippen molar-refractivity contribution in [2.24, 2.45) is 0 Å². The first kappa shape index (κ1) is 21.0. The van der Waals surface area contributed by atoms with E-state index in [1.54, 1.807) is 4.57 Å². The van der Waals surface area contributed by atoms with E-state index in [-0.39, 0.29) is 17.2 Å². The number of fused-ring (bicyclic) bond motifs is 2. The zero-order chi connectivity index (χ0) is 22.2. The summed E-state index contributed by atoms with van der Waals surface area (Å²) in [7, 11) is 0. The Kier molecular flexibility index (Phi) is 5.61. The van der Waals surface area contributed by atoms with Crippen LogP contribution in [-0.2, 0) is 17.8 Å². The van der Waals surface area contributed by atoms with Crippen molar-refractivity contribution in [1.82, 2.24) is 14.5 Å². The van der Waals surface area contributed by atoms with Crippen LogP contribution in [0.1, 0.15) is 21.6 Å². The third-order valence-corrected chi connectivity index (χ3v) is 8.02. The largest absolute Gasteiger partial charge is 0.337 e. The van der Waals surface area contributed by atoms with Crippen LogP contribution < -0.4 is 5.56 Å². The standard InChI is InChI=1S/C25H23N3O2S2/c1-16-17(2)32-23-22(16)24(30)28(20-10-4-3-5-11-20)25(26-23)31-15-21(29)27-13-12-18-8-6-7-9-19(18)14-27/h3-11H,12-15H2,1-2H3. The highest BCUT2D eigenvalue weighted by atomic mass is 32.2. The van der Waals surface area contributed by atoms with E-state index in [0.29, 0.717) is 17.1 Å². The first-order chi connectivity index (χ1) is 15.5. The highest BCUT2D eigenvalue weighted by Crippen LogP contribution is 2.30. The van der Waals surface area contributed by atoms with Crippen molar-refractivity contribution in [3.8, 4) is 5.69 Å². The molecule has 1 aliphatic heterocycles. The lowest BCUT2D eigenvalue weighted by Gasteiger charge is -2.28. The maximum atomic E-state index is 13.5. The van der Waals surface area contributed by atoms with Crippen LogP contribution in [0.2, 0.25) is 0 Å². The van der Waals surface area contributed by atoms with Gasteiger partial charge in [0.05, 0.1) is 16.8 Å². The average Bonchev–Trinajstić information content (AvgIpc) is 3.11. The van der Waals surface area contributed by atoms with Crippen molar-refractivity contribution < 1.29 is 4.79 Å². The Hall–Kier alpha value is -2.90. The van der Waals surface area contributed by atoms with Gasteiger partial charge in [-0.1, -0.05) is 54.2 Å². The molecule has 0 unspecified atom stereocenters. The minimum absolute atomic E-state index is 0.0667. The average molecular weight is 462 g/mol. The van der Waals surface area contributed by atoms with E-state index >= 15 is 0 Å². The van der Waals surface area contributed by atoms with Gasteiger partial charge in [-0.3, -0.25) is 14.2 Å². The molecule has 0 aliphatic carbocycles. The number of aromatic nitrogens is 2. The number of hydrogen-bond donors (Lipinski definition) is 0. The van der Waals surface area contributed by atoms with Gasteiger partial charge in [-0.2, -0.15) is 0 Å². The molecule has 4 aromatic rings. The predicted octanol–water partition coefficient (Wildman–Crippen LogP) is 4.74. The maximum Gasteiger partial charge on any atom is 0.267 e. The Morgan fingerprint density at radius 3 is 2.56 bits per heavy atom. The number of rotatable bonds is 4. The number of carbonyl (C=O) groups is 1. The molecule has 0 saturated carbocycles. The quantitative estimate of drug-likeness (QED) is 0.325. The van der Waals surface area contributed by atoms with Crippen LogP contribution in [0.3, 0.4) is 0 Å². The van der Waals surface area contributed by atoms with Crippen molar-refractivity contribution in [2.45, 2.75) is 32.0 Å². The molecule has 1 amide bonds. The Balaban J connectivity index is 1.46. The van der Waals surface area contributed by atoms with Crippen molar-refractivity contribution >= 4 is 39.2 Å². The number of hydrogen-bond acceptors (Lipinski definition) is 5. The van der Waals surface area contributed by atoms with E-state index in [2.05, 4.69) is 12.1 Å². The molecule has 0 spiro atoms. The number of nitrogens with zero attached hydrogens (tertiary/aromatic N) is 3.